The maximum absolute atomic E-state index is 12.8. The van der Waals surface area contributed by atoms with E-state index in [1.54, 1.807) is 23.4 Å². The number of hydrogen-bond acceptors (Lipinski definition) is 5. The van der Waals surface area contributed by atoms with Gasteiger partial charge in [0.15, 0.2) is 0 Å². The molecular formula is C18H16Cl2N4O2S. The summed E-state index contributed by atoms with van der Waals surface area (Å²) in [7, 11) is 0. The van der Waals surface area contributed by atoms with Gasteiger partial charge in [0.25, 0.3) is 5.91 Å². The molecule has 1 fully saturated rings. The Bertz CT molecular complexity index is 966. The number of nitrogens with one attached hydrogen (secondary N) is 1. The third-order valence-corrected chi connectivity index (χ3v) is 6.23. The summed E-state index contributed by atoms with van der Waals surface area (Å²) in [6, 6.07) is 3.44. The van der Waals surface area contributed by atoms with Crippen LogP contribution in [0.5, 0.6) is 0 Å². The van der Waals surface area contributed by atoms with Crippen LogP contribution in [0, 0.1) is 0 Å². The number of halogens is 2. The normalized spacial score (nSPS) is 16.5. The third kappa shape index (κ3) is 3.60. The molecule has 0 radical (unpaired) electrons. The number of amides is 1. The van der Waals surface area contributed by atoms with Crippen LogP contribution in [0.3, 0.4) is 0 Å². The van der Waals surface area contributed by atoms with Gasteiger partial charge in [-0.15, -0.1) is 11.3 Å². The van der Waals surface area contributed by atoms with Crippen molar-refractivity contribution in [3.8, 4) is 10.4 Å². The summed E-state index contributed by atoms with van der Waals surface area (Å²) in [5.74, 6) is -0.0433. The van der Waals surface area contributed by atoms with Crippen molar-refractivity contribution in [3.05, 3.63) is 57.4 Å². The largest absolute Gasteiger partial charge is 0.383 e. The summed E-state index contributed by atoms with van der Waals surface area (Å²) >= 11 is 13.6. The zero-order chi connectivity index (χ0) is 19.0. The van der Waals surface area contributed by atoms with Crippen molar-refractivity contribution < 1.29 is 9.90 Å². The predicted molar refractivity (Wildman–Crippen MR) is 105 cm³/mol. The number of H-pyrrole nitrogens is 1. The van der Waals surface area contributed by atoms with Crippen LogP contribution in [-0.2, 0) is 5.60 Å². The maximum atomic E-state index is 12.8. The molecule has 6 nitrogen and oxygen atoms in total. The molecule has 3 aromatic heterocycles. The number of aromatic amines is 1. The summed E-state index contributed by atoms with van der Waals surface area (Å²) in [5, 5.41) is 20.3. The van der Waals surface area contributed by atoms with E-state index in [9.17, 15) is 9.90 Å². The van der Waals surface area contributed by atoms with Gasteiger partial charge in [-0.05, 0) is 25.0 Å². The van der Waals surface area contributed by atoms with Crippen LogP contribution in [0.4, 0.5) is 0 Å². The van der Waals surface area contributed by atoms with Crippen LogP contribution in [0.25, 0.3) is 10.4 Å². The lowest BCUT2D eigenvalue weighted by molar-refractivity contribution is -0.0243. The number of aromatic nitrogens is 3. The number of rotatable bonds is 3. The summed E-state index contributed by atoms with van der Waals surface area (Å²) in [4.78, 5) is 19.8. The minimum absolute atomic E-state index is 0.0433. The molecule has 0 saturated carbocycles. The summed E-state index contributed by atoms with van der Waals surface area (Å²) in [6.07, 6.45) is 5.73. The van der Waals surface area contributed by atoms with E-state index in [2.05, 4.69) is 15.2 Å². The van der Waals surface area contributed by atoms with Crippen LogP contribution in [0.15, 0.2) is 36.1 Å². The first-order valence-corrected chi connectivity index (χ1v) is 10.0. The van der Waals surface area contributed by atoms with Crippen molar-refractivity contribution in [1.29, 1.82) is 0 Å². The van der Waals surface area contributed by atoms with E-state index in [1.165, 1.54) is 17.5 Å². The Balaban J connectivity index is 1.46. The second-order valence-electron chi connectivity index (χ2n) is 6.49. The van der Waals surface area contributed by atoms with Crippen molar-refractivity contribution in [2.24, 2.45) is 0 Å². The lowest BCUT2D eigenvalue weighted by Gasteiger charge is -2.38. The summed E-state index contributed by atoms with van der Waals surface area (Å²) in [5.41, 5.74) is 0.855. The highest BCUT2D eigenvalue weighted by molar-refractivity contribution is 7.13. The van der Waals surface area contributed by atoms with E-state index >= 15 is 0 Å². The molecular weight excluding hydrogens is 407 g/mol. The van der Waals surface area contributed by atoms with Gasteiger partial charge in [0, 0.05) is 41.3 Å². The van der Waals surface area contributed by atoms with Gasteiger partial charge >= 0.3 is 0 Å². The van der Waals surface area contributed by atoms with Crippen molar-refractivity contribution in [2.45, 2.75) is 18.4 Å². The number of carbonyl (C=O) groups is 1. The Morgan fingerprint density at radius 3 is 2.70 bits per heavy atom. The minimum Gasteiger partial charge on any atom is -0.383 e. The zero-order valence-electron chi connectivity index (χ0n) is 14.2. The highest BCUT2D eigenvalue weighted by Gasteiger charge is 2.38. The van der Waals surface area contributed by atoms with Gasteiger partial charge in [-0.25, -0.2) is 0 Å². The Morgan fingerprint density at radius 2 is 2.04 bits per heavy atom. The lowest BCUT2D eigenvalue weighted by Crippen LogP contribution is -2.45. The standard InChI is InChI=1S/C18H16Cl2N4O2S/c19-13-6-14(20)16(21-9-13)18(26)1-3-24(4-2-18)17(25)11-5-15(27-10-11)12-7-22-23-8-12/h5-10,26H,1-4H2,(H,22,23). The van der Waals surface area contributed by atoms with Gasteiger partial charge in [0.05, 0.1) is 27.5 Å². The molecule has 4 rings (SSSR count). The number of hydrogen-bond donors (Lipinski definition) is 2. The van der Waals surface area contributed by atoms with Gasteiger partial charge in [0.1, 0.15) is 5.60 Å². The van der Waals surface area contributed by atoms with Gasteiger partial charge in [-0.3, -0.25) is 14.9 Å². The number of likely N-dealkylation sites (tertiary alicyclic amines) is 1. The molecule has 3 aromatic rings. The molecule has 0 aliphatic carbocycles. The number of thiophene rings is 1. The van der Waals surface area contributed by atoms with Gasteiger partial charge in [-0.1, -0.05) is 23.2 Å². The molecule has 0 bridgehead atoms. The Hall–Kier alpha value is -1.93. The van der Waals surface area contributed by atoms with Gasteiger partial charge in [0.2, 0.25) is 0 Å². The summed E-state index contributed by atoms with van der Waals surface area (Å²) in [6.45, 7) is 0.847. The molecule has 1 amide bonds. The molecule has 27 heavy (non-hydrogen) atoms. The van der Waals surface area contributed by atoms with Crippen molar-refractivity contribution in [3.63, 3.8) is 0 Å². The SMILES string of the molecule is O=C(c1csc(-c2cn[nH]c2)c1)N1CCC(O)(c2ncc(Cl)cc2Cl)CC1. The fraction of sp³-hybridized carbons (Fsp3) is 0.278. The Labute approximate surface area is 169 Å². The third-order valence-electron chi connectivity index (χ3n) is 4.76. The van der Waals surface area contributed by atoms with Crippen LogP contribution < -0.4 is 0 Å². The van der Waals surface area contributed by atoms with E-state index < -0.39 is 5.60 Å². The van der Waals surface area contributed by atoms with Crippen molar-refractivity contribution in [2.75, 3.05) is 13.1 Å². The molecule has 2 N–H and O–H groups in total. The molecule has 0 atom stereocenters. The molecule has 1 aliphatic heterocycles. The van der Waals surface area contributed by atoms with E-state index in [4.69, 9.17) is 23.2 Å². The second-order valence-corrected chi connectivity index (χ2v) is 8.25. The van der Waals surface area contributed by atoms with E-state index in [0.717, 1.165) is 10.4 Å². The second kappa shape index (κ2) is 7.24. The molecule has 9 heteroatoms. The summed E-state index contributed by atoms with van der Waals surface area (Å²) < 4.78 is 0. The number of pyridine rings is 1. The number of nitrogens with zero attached hydrogens (tertiary/aromatic N) is 3. The maximum Gasteiger partial charge on any atom is 0.254 e. The van der Waals surface area contributed by atoms with Crippen molar-refractivity contribution in [1.82, 2.24) is 20.1 Å². The predicted octanol–water partition coefficient (Wildman–Crippen LogP) is 3.96. The van der Waals surface area contributed by atoms with Crippen LogP contribution in [0.1, 0.15) is 28.9 Å². The Kier molecular flexibility index (Phi) is 4.94. The number of carbonyl (C=O) groups excluding carboxylic acids is 1. The average molecular weight is 423 g/mol. The molecule has 0 aromatic carbocycles. The van der Waals surface area contributed by atoms with Gasteiger partial charge < -0.3 is 10.0 Å². The van der Waals surface area contributed by atoms with E-state index in [-0.39, 0.29) is 5.91 Å². The first-order chi connectivity index (χ1) is 13.0. The van der Waals surface area contributed by atoms with Gasteiger partial charge in [-0.2, -0.15) is 5.10 Å². The average Bonchev–Trinajstić information content (AvgIpc) is 3.33. The molecule has 0 unspecified atom stereocenters. The van der Waals surface area contributed by atoms with E-state index in [0.29, 0.717) is 47.2 Å². The first-order valence-electron chi connectivity index (χ1n) is 8.37. The van der Waals surface area contributed by atoms with Crippen molar-refractivity contribution >= 4 is 40.4 Å². The first kappa shape index (κ1) is 18.4. The molecule has 0 spiro atoms. The minimum atomic E-state index is -1.16. The number of aliphatic hydroxyl groups is 1. The fourth-order valence-corrected chi connectivity index (χ4v) is 4.66. The zero-order valence-corrected chi connectivity index (χ0v) is 16.5. The number of piperidine rings is 1. The monoisotopic (exact) mass is 422 g/mol. The molecule has 140 valence electrons. The highest BCUT2D eigenvalue weighted by atomic mass is 35.5. The quantitative estimate of drug-likeness (QED) is 0.668. The fourth-order valence-electron chi connectivity index (χ4n) is 3.24. The van der Waals surface area contributed by atoms with Crippen LogP contribution in [-0.4, -0.2) is 44.2 Å². The highest BCUT2D eigenvalue weighted by Crippen LogP contribution is 2.37. The van der Waals surface area contributed by atoms with Crippen LogP contribution in [0.2, 0.25) is 10.0 Å². The molecule has 4 heterocycles. The smallest absolute Gasteiger partial charge is 0.254 e. The van der Waals surface area contributed by atoms with E-state index in [1.807, 2.05) is 11.4 Å². The topological polar surface area (TPSA) is 82.1 Å². The molecule has 1 aliphatic rings. The molecule has 1 saturated heterocycles. The Morgan fingerprint density at radius 1 is 1.26 bits per heavy atom. The lowest BCUT2D eigenvalue weighted by atomic mass is 9.87. The van der Waals surface area contributed by atoms with Crippen LogP contribution >= 0.6 is 34.5 Å².